The third-order valence-electron chi connectivity index (χ3n) is 3.74. The Morgan fingerprint density at radius 2 is 2.19 bits per heavy atom. The van der Waals surface area contributed by atoms with Crippen molar-refractivity contribution in [3.05, 3.63) is 35.1 Å². The molecule has 0 bridgehead atoms. The number of nitrogens with one attached hydrogen (secondary N) is 1. The van der Waals surface area contributed by atoms with Crippen molar-refractivity contribution < 1.29 is 17.6 Å². The number of carbonyl (C=O) groups is 1. The first kappa shape index (κ1) is 15.8. The molecule has 1 aliphatic rings. The van der Waals surface area contributed by atoms with E-state index in [0.29, 0.717) is 12.0 Å². The van der Waals surface area contributed by atoms with Crippen LogP contribution in [0, 0.1) is 12.7 Å². The Bertz CT molecular complexity index is 646. The fourth-order valence-corrected chi connectivity index (χ4v) is 4.14. The molecule has 1 aromatic carbocycles. The molecule has 21 heavy (non-hydrogen) atoms. The quantitative estimate of drug-likeness (QED) is 0.918. The molecule has 0 aliphatic carbocycles. The smallest absolute Gasteiger partial charge is 0.317 e. The van der Waals surface area contributed by atoms with Gasteiger partial charge >= 0.3 is 6.03 Å². The molecule has 1 atom stereocenters. The van der Waals surface area contributed by atoms with Gasteiger partial charge in [-0.1, -0.05) is 12.1 Å². The summed E-state index contributed by atoms with van der Waals surface area (Å²) in [6.45, 7) is 1.94. The topological polar surface area (TPSA) is 66.5 Å². The number of sulfone groups is 1. The lowest BCUT2D eigenvalue weighted by molar-refractivity contribution is 0.194. The average molecular weight is 314 g/mol. The summed E-state index contributed by atoms with van der Waals surface area (Å²) in [7, 11) is -1.42. The number of halogens is 1. The minimum atomic E-state index is -3.01. The SMILES string of the molecule is Cc1cc(CNC(=O)N(C)C2CCS(=O)(=O)C2)ccc1F. The van der Waals surface area contributed by atoms with Gasteiger partial charge in [0.1, 0.15) is 5.82 Å². The molecule has 5 nitrogen and oxygen atoms in total. The zero-order valence-electron chi connectivity index (χ0n) is 12.1. The van der Waals surface area contributed by atoms with E-state index in [2.05, 4.69) is 5.32 Å². The minimum absolute atomic E-state index is 0.0204. The van der Waals surface area contributed by atoms with Gasteiger partial charge in [-0.2, -0.15) is 0 Å². The average Bonchev–Trinajstić information content (AvgIpc) is 2.79. The van der Waals surface area contributed by atoms with Crippen LogP contribution < -0.4 is 5.32 Å². The van der Waals surface area contributed by atoms with Crippen LogP contribution in [-0.4, -0.2) is 43.9 Å². The molecule has 2 amide bonds. The van der Waals surface area contributed by atoms with Gasteiger partial charge in [0.05, 0.1) is 11.5 Å². The van der Waals surface area contributed by atoms with E-state index in [4.69, 9.17) is 0 Å². The van der Waals surface area contributed by atoms with E-state index in [0.717, 1.165) is 5.56 Å². The molecular formula is C14H19FN2O3S. The van der Waals surface area contributed by atoms with Crippen molar-refractivity contribution in [2.45, 2.75) is 25.9 Å². The van der Waals surface area contributed by atoms with Crippen LogP contribution in [-0.2, 0) is 16.4 Å². The van der Waals surface area contributed by atoms with Crippen molar-refractivity contribution in [1.29, 1.82) is 0 Å². The third kappa shape index (κ3) is 3.93. The van der Waals surface area contributed by atoms with Crippen molar-refractivity contribution in [2.75, 3.05) is 18.6 Å². The van der Waals surface area contributed by atoms with Crippen molar-refractivity contribution >= 4 is 15.9 Å². The predicted molar refractivity (Wildman–Crippen MR) is 78.2 cm³/mol. The van der Waals surface area contributed by atoms with Gasteiger partial charge in [-0.05, 0) is 30.5 Å². The van der Waals surface area contributed by atoms with E-state index >= 15 is 0 Å². The summed E-state index contributed by atoms with van der Waals surface area (Å²) in [5, 5.41) is 2.72. The van der Waals surface area contributed by atoms with Crippen LogP contribution in [0.3, 0.4) is 0 Å². The number of hydrogen-bond acceptors (Lipinski definition) is 3. The molecule has 0 aromatic heterocycles. The molecule has 1 aromatic rings. The van der Waals surface area contributed by atoms with Crippen LogP contribution in [0.15, 0.2) is 18.2 Å². The van der Waals surface area contributed by atoms with Gasteiger partial charge in [0.15, 0.2) is 9.84 Å². The summed E-state index contributed by atoms with van der Waals surface area (Å²) in [5.41, 5.74) is 1.33. The molecule has 1 saturated heterocycles. The van der Waals surface area contributed by atoms with Gasteiger partial charge in [0.2, 0.25) is 0 Å². The van der Waals surface area contributed by atoms with Crippen LogP contribution in [0.4, 0.5) is 9.18 Å². The molecule has 0 radical (unpaired) electrons. The maximum atomic E-state index is 13.2. The van der Waals surface area contributed by atoms with Crippen LogP contribution in [0.25, 0.3) is 0 Å². The molecule has 1 fully saturated rings. The molecule has 116 valence electrons. The van der Waals surface area contributed by atoms with Gasteiger partial charge in [-0.15, -0.1) is 0 Å². The summed E-state index contributed by atoms with van der Waals surface area (Å²) in [6, 6.07) is 4.06. The molecule has 1 N–H and O–H groups in total. The zero-order chi connectivity index (χ0) is 15.6. The van der Waals surface area contributed by atoms with Gasteiger partial charge in [0, 0.05) is 19.6 Å². The highest BCUT2D eigenvalue weighted by molar-refractivity contribution is 7.91. The summed E-state index contributed by atoms with van der Waals surface area (Å²) in [6.07, 6.45) is 0.474. The van der Waals surface area contributed by atoms with Gasteiger partial charge < -0.3 is 10.2 Å². The fourth-order valence-electron chi connectivity index (χ4n) is 2.37. The molecule has 0 spiro atoms. The maximum absolute atomic E-state index is 13.2. The monoisotopic (exact) mass is 314 g/mol. The number of aryl methyl sites for hydroxylation is 1. The number of nitrogens with zero attached hydrogens (tertiary/aromatic N) is 1. The number of benzene rings is 1. The number of hydrogen-bond donors (Lipinski definition) is 1. The number of carbonyl (C=O) groups excluding carboxylic acids is 1. The molecule has 1 heterocycles. The Morgan fingerprint density at radius 1 is 1.48 bits per heavy atom. The van der Waals surface area contributed by atoms with E-state index in [-0.39, 0.29) is 35.9 Å². The largest absolute Gasteiger partial charge is 0.334 e. The normalized spacial score (nSPS) is 20.2. The van der Waals surface area contributed by atoms with Gasteiger partial charge in [0.25, 0.3) is 0 Å². The first-order chi connectivity index (χ1) is 9.78. The number of rotatable bonds is 3. The Balaban J connectivity index is 1.91. The third-order valence-corrected chi connectivity index (χ3v) is 5.49. The number of urea groups is 1. The van der Waals surface area contributed by atoms with Gasteiger partial charge in [-0.25, -0.2) is 17.6 Å². The molecule has 1 unspecified atom stereocenters. The zero-order valence-corrected chi connectivity index (χ0v) is 12.9. The van der Waals surface area contributed by atoms with E-state index in [1.807, 2.05) is 0 Å². The lowest BCUT2D eigenvalue weighted by Gasteiger charge is -2.23. The summed E-state index contributed by atoms with van der Waals surface area (Å²) in [4.78, 5) is 13.4. The van der Waals surface area contributed by atoms with Crippen LogP contribution >= 0.6 is 0 Å². The molecule has 1 aliphatic heterocycles. The highest BCUT2D eigenvalue weighted by Gasteiger charge is 2.32. The fraction of sp³-hybridized carbons (Fsp3) is 0.500. The Kier molecular flexibility index (Phi) is 4.51. The van der Waals surface area contributed by atoms with E-state index < -0.39 is 9.84 Å². The van der Waals surface area contributed by atoms with E-state index in [1.165, 1.54) is 11.0 Å². The lowest BCUT2D eigenvalue weighted by Crippen LogP contribution is -2.43. The summed E-state index contributed by atoms with van der Waals surface area (Å²) < 4.78 is 36.0. The second-order valence-electron chi connectivity index (χ2n) is 5.41. The minimum Gasteiger partial charge on any atom is -0.334 e. The van der Waals surface area contributed by atoms with Crippen LogP contribution in [0.1, 0.15) is 17.5 Å². The Labute approximate surface area is 124 Å². The standard InChI is InChI=1S/C14H19FN2O3S/c1-10-7-11(3-4-13(10)15)8-16-14(18)17(2)12-5-6-21(19,20)9-12/h3-4,7,12H,5-6,8-9H2,1-2H3,(H,16,18). The summed E-state index contributed by atoms with van der Waals surface area (Å²) >= 11 is 0. The first-order valence-corrected chi connectivity index (χ1v) is 8.57. The van der Waals surface area contributed by atoms with E-state index in [9.17, 15) is 17.6 Å². The van der Waals surface area contributed by atoms with Crippen molar-refractivity contribution in [3.8, 4) is 0 Å². The molecular weight excluding hydrogens is 295 g/mol. The van der Waals surface area contributed by atoms with Crippen LogP contribution in [0.5, 0.6) is 0 Å². The Hall–Kier alpha value is -1.63. The van der Waals surface area contributed by atoms with E-state index in [1.54, 1.807) is 26.1 Å². The first-order valence-electron chi connectivity index (χ1n) is 6.74. The van der Waals surface area contributed by atoms with Crippen LogP contribution in [0.2, 0.25) is 0 Å². The Morgan fingerprint density at radius 3 is 2.76 bits per heavy atom. The summed E-state index contributed by atoms with van der Waals surface area (Å²) in [5.74, 6) is -0.127. The van der Waals surface area contributed by atoms with Crippen molar-refractivity contribution in [3.63, 3.8) is 0 Å². The number of amides is 2. The second-order valence-corrected chi connectivity index (χ2v) is 7.64. The van der Waals surface area contributed by atoms with Crippen molar-refractivity contribution in [2.24, 2.45) is 0 Å². The van der Waals surface area contributed by atoms with Crippen molar-refractivity contribution in [1.82, 2.24) is 10.2 Å². The molecule has 2 rings (SSSR count). The highest BCUT2D eigenvalue weighted by atomic mass is 32.2. The predicted octanol–water partition coefficient (Wildman–Crippen LogP) is 1.46. The maximum Gasteiger partial charge on any atom is 0.317 e. The lowest BCUT2D eigenvalue weighted by atomic mass is 10.1. The molecule has 7 heteroatoms. The molecule has 0 saturated carbocycles. The highest BCUT2D eigenvalue weighted by Crippen LogP contribution is 2.16. The van der Waals surface area contributed by atoms with Gasteiger partial charge in [-0.3, -0.25) is 0 Å². The second kappa shape index (κ2) is 6.01.